The molecule has 1 fully saturated rings. The number of aryl methyl sites for hydroxylation is 2. The van der Waals surface area contributed by atoms with Gasteiger partial charge in [0.05, 0.1) is 4.90 Å². The standard InChI is InChI=1S/C14H19NO4S/c1-10-5-6-12(9-11(10)2)20(18,19)15-14(13(16)17)7-3-4-8-14/h5-6,9,15H,3-4,7-8H2,1-2H3,(H,16,17). The summed E-state index contributed by atoms with van der Waals surface area (Å²) in [5, 5.41) is 9.35. The number of carboxylic acid groups (broad SMARTS) is 1. The molecule has 0 unspecified atom stereocenters. The van der Waals surface area contributed by atoms with E-state index >= 15 is 0 Å². The second kappa shape index (κ2) is 5.18. The molecule has 5 nitrogen and oxygen atoms in total. The Morgan fingerprint density at radius 2 is 1.80 bits per heavy atom. The van der Waals surface area contributed by atoms with Gasteiger partial charge in [0.1, 0.15) is 5.54 Å². The monoisotopic (exact) mass is 297 g/mol. The number of benzene rings is 1. The molecule has 1 aromatic rings. The van der Waals surface area contributed by atoms with Crippen LogP contribution < -0.4 is 4.72 Å². The van der Waals surface area contributed by atoms with Crippen LogP contribution in [0.2, 0.25) is 0 Å². The van der Waals surface area contributed by atoms with Crippen LogP contribution in [0.25, 0.3) is 0 Å². The minimum atomic E-state index is -3.82. The Kier molecular flexibility index (Phi) is 3.88. The largest absolute Gasteiger partial charge is 0.480 e. The summed E-state index contributed by atoms with van der Waals surface area (Å²) in [6.45, 7) is 3.73. The molecule has 2 rings (SSSR count). The van der Waals surface area contributed by atoms with Crippen LogP contribution in [0, 0.1) is 13.8 Å². The molecule has 0 spiro atoms. The van der Waals surface area contributed by atoms with Gasteiger partial charge in [-0.2, -0.15) is 4.72 Å². The summed E-state index contributed by atoms with van der Waals surface area (Å²) in [6.07, 6.45) is 2.13. The van der Waals surface area contributed by atoms with Crippen molar-refractivity contribution in [1.82, 2.24) is 4.72 Å². The zero-order valence-corrected chi connectivity index (χ0v) is 12.5. The van der Waals surface area contributed by atoms with Crippen LogP contribution in [0.5, 0.6) is 0 Å². The van der Waals surface area contributed by atoms with E-state index in [-0.39, 0.29) is 4.90 Å². The van der Waals surface area contributed by atoms with Crippen LogP contribution in [-0.2, 0) is 14.8 Å². The van der Waals surface area contributed by atoms with Crippen molar-refractivity contribution in [2.24, 2.45) is 0 Å². The average molecular weight is 297 g/mol. The molecule has 20 heavy (non-hydrogen) atoms. The third-order valence-electron chi connectivity index (χ3n) is 3.98. The number of carbonyl (C=O) groups is 1. The van der Waals surface area contributed by atoms with E-state index in [1.165, 1.54) is 6.07 Å². The number of carboxylic acids is 1. The molecule has 0 amide bonds. The van der Waals surface area contributed by atoms with Gasteiger partial charge in [-0.1, -0.05) is 18.9 Å². The highest BCUT2D eigenvalue weighted by Crippen LogP contribution is 2.31. The molecule has 110 valence electrons. The van der Waals surface area contributed by atoms with Crippen molar-refractivity contribution in [3.05, 3.63) is 29.3 Å². The summed E-state index contributed by atoms with van der Waals surface area (Å²) in [5.74, 6) is -1.09. The highest BCUT2D eigenvalue weighted by molar-refractivity contribution is 7.89. The second-order valence-corrected chi connectivity index (χ2v) is 7.13. The maximum Gasteiger partial charge on any atom is 0.324 e. The van der Waals surface area contributed by atoms with Crippen molar-refractivity contribution in [2.75, 3.05) is 0 Å². The zero-order valence-electron chi connectivity index (χ0n) is 11.6. The molecule has 0 atom stereocenters. The van der Waals surface area contributed by atoms with Gasteiger partial charge in [0, 0.05) is 0 Å². The highest BCUT2D eigenvalue weighted by Gasteiger charge is 2.44. The van der Waals surface area contributed by atoms with Gasteiger partial charge in [0.2, 0.25) is 10.0 Å². The summed E-state index contributed by atoms with van der Waals surface area (Å²) >= 11 is 0. The topological polar surface area (TPSA) is 83.5 Å². The molecule has 0 aromatic heterocycles. The number of aliphatic carboxylic acids is 1. The quantitative estimate of drug-likeness (QED) is 0.890. The number of nitrogens with one attached hydrogen (secondary N) is 1. The van der Waals surface area contributed by atoms with Crippen LogP contribution in [0.3, 0.4) is 0 Å². The molecule has 1 aliphatic carbocycles. The molecule has 2 N–H and O–H groups in total. The fraction of sp³-hybridized carbons (Fsp3) is 0.500. The molecule has 1 saturated carbocycles. The van der Waals surface area contributed by atoms with Gasteiger partial charge >= 0.3 is 5.97 Å². The first-order chi connectivity index (χ1) is 9.27. The van der Waals surface area contributed by atoms with E-state index in [0.29, 0.717) is 12.8 Å². The first-order valence-electron chi connectivity index (χ1n) is 6.61. The van der Waals surface area contributed by atoms with E-state index in [0.717, 1.165) is 24.0 Å². The van der Waals surface area contributed by atoms with E-state index in [1.807, 2.05) is 13.8 Å². The third-order valence-corrected chi connectivity index (χ3v) is 5.52. The molecular formula is C14H19NO4S. The molecule has 0 radical (unpaired) electrons. The molecule has 1 aliphatic rings. The Balaban J connectivity index is 2.35. The number of rotatable bonds is 4. The van der Waals surface area contributed by atoms with Gasteiger partial charge in [0.15, 0.2) is 0 Å². The Bertz CT molecular complexity index is 631. The molecular weight excluding hydrogens is 278 g/mol. The normalized spacial score (nSPS) is 18.1. The van der Waals surface area contributed by atoms with E-state index in [9.17, 15) is 18.3 Å². The summed E-state index contributed by atoms with van der Waals surface area (Å²) in [5.41, 5.74) is 0.513. The summed E-state index contributed by atoms with van der Waals surface area (Å²) in [7, 11) is -3.82. The van der Waals surface area contributed by atoms with E-state index < -0.39 is 21.5 Å². The lowest BCUT2D eigenvalue weighted by Crippen LogP contribution is -2.52. The van der Waals surface area contributed by atoms with Crippen molar-refractivity contribution < 1.29 is 18.3 Å². The predicted octanol–water partition coefficient (Wildman–Crippen LogP) is 1.98. The van der Waals surface area contributed by atoms with Gasteiger partial charge in [-0.3, -0.25) is 4.79 Å². The lowest BCUT2D eigenvalue weighted by atomic mass is 10.0. The van der Waals surface area contributed by atoms with Crippen LogP contribution in [-0.4, -0.2) is 25.0 Å². The van der Waals surface area contributed by atoms with Gasteiger partial charge < -0.3 is 5.11 Å². The SMILES string of the molecule is Cc1ccc(S(=O)(=O)NC2(C(=O)O)CCCC2)cc1C. The predicted molar refractivity (Wildman–Crippen MR) is 75.1 cm³/mol. The van der Waals surface area contributed by atoms with Crippen LogP contribution >= 0.6 is 0 Å². The van der Waals surface area contributed by atoms with E-state index in [1.54, 1.807) is 12.1 Å². The fourth-order valence-electron chi connectivity index (χ4n) is 2.54. The summed E-state index contributed by atoms with van der Waals surface area (Å²) in [4.78, 5) is 11.5. The van der Waals surface area contributed by atoms with Gasteiger partial charge in [-0.15, -0.1) is 0 Å². The minimum Gasteiger partial charge on any atom is -0.480 e. The fourth-order valence-corrected chi connectivity index (χ4v) is 4.04. The molecule has 0 aliphatic heterocycles. The van der Waals surface area contributed by atoms with E-state index in [2.05, 4.69) is 4.72 Å². The average Bonchev–Trinajstić information content (AvgIpc) is 2.81. The zero-order chi connectivity index (χ0) is 15.0. The molecule has 0 saturated heterocycles. The van der Waals surface area contributed by atoms with E-state index in [4.69, 9.17) is 0 Å². The van der Waals surface area contributed by atoms with Gasteiger partial charge in [-0.05, 0) is 49.9 Å². The molecule has 0 bridgehead atoms. The Morgan fingerprint density at radius 3 is 2.30 bits per heavy atom. The minimum absolute atomic E-state index is 0.119. The Labute approximate surface area is 119 Å². The Hall–Kier alpha value is -1.40. The van der Waals surface area contributed by atoms with Crippen molar-refractivity contribution >= 4 is 16.0 Å². The van der Waals surface area contributed by atoms with Crippen LogP contribution in [0.4, 0.5) is 0 Å². The van der Waals surface area contributed by atoms with Crippen molar-refractivity contribution in [1.29, 1.82) is 0 Å². The lowest BCUT2D eigenvalue weighted by molar-refractivity contribution is -0.143. The molecule has 6 heteroatoms. The molecule has 1 aromatic carbocycles. The smallest absolute Gasteiger partial charge is 0.324 e. The van der Waals surface area contributed by atoms with Crippen molar-refractivity contribution in [3.8, 4) is 0 Å². The number of hydrogen-bond acceptors (Lipinski definition) is 3. The van der Waals surface area contributed by atoms with Crippen molar-refractivity contribution in [3.63, 3.8) is 0 Å². The number of hydrogen-bond donors (Lipinski definition) is 2. The first-order valence-corrected chi connectivity index (χ1v) is 8.10. The highest BCUT2D eigenvalue weighted by atomic mass is 32.2. The van der Waals surface area contributed by atoms with Crippen molar-refractivity contribution in [2.45, 2.75) is 50.0 Å². The summed E-state index contributed by atoms with van der Waals surface area (Å²) < 4.78 is 27.2. The molecule has 0 heterocycles. The maximum absolute atomic E-state index is 12.4. The first kappa shape index (κ1) is 15.0. The van der Waals surface area contributed by atoms with Crippen LogP contribution in [0.1, 0.15) is 36.8 Å². The summed E-state index contributed by atoms with van der Waals surface area (Å²) in [6, 6.07) is 4.81. The third kappa shape index (κ3) is 2.71. The number of sulfonamides is 1. The van der Waals surface area contributed by atoms with Gasteiger partial charge in [-0.25, -0.2) is 8.42 Å². The maximum atomic E-state index is 12.4. The van der Waals surface area contributed by atoms with Crippen LogP contribution in [0.15, 0.2) is 23.1 Å². The Morgan fingerprint density at radius 1 is 1.20 bits per heavy atom. The second-order valence-electron chi connectivity index (χ2n) is 5.45. The van der Waals surface area contributed by atoms with Gasteiger partial charge in [0.25, 0.3) is 0 Å². The lowest BCUT2D eigenvalue weighted by Gasteiger charge is -2.25.